The van der Waals surface area contributed by atoms with E-state index in [-0.39, 0.29) is 6.61 Å². The maximum Gasteiger partial charge on any atom is 0.120 e. The van der Waals surface area contributed by atoms with Gasteiger partial charge in [0.15, 0.2) is 0 Å². The van der Waals surface area contributed by atoms with Crippen molar-refractivity contribution in [2.75, 3.05) is 31.3 Å². The third-order valence-corrected chi connectivity index (χ3v) is 4.03. The smallest absolute Gasteiger partial charge is 0.120 e. The molecule has 1 aliphatic heterocycles. The van der Waals surface area contributed by atoms with Crippen LogP contribution in [0.3, 0.4) is 0 Å². The molecule has 1 heterocycles. The van der Waals surface area contributed by atoms with E-state index in [1.165, 1.54) is 12.8 Å². The highest BCUT2D eigenvalue weighted by atomic mass is 32.2. The van der Waals surface area contributed by atoms with Crippen LogP contribution in [-0.4, -0.2) is 42.5 Å². The van der Waals surface area contributed by atoms with Crippen molar-refractivity contribution in [3.63, 3.8) is 0 Å². The predicted octanol–water partition coefficient (Wildman–Crippen LogP) is 2.32. The summed E-state index contributed by atoms with van der Waals surface area (Å²) < 4.78 is 11.3. The van der Waals surface area contributed by atoms with E-state index in [2.05, 4.69) is 11.8 Å². The van der Waals surface area contributed by atoms with Crippen LogP contribution in [0.2, 0.25) is 0 Å². The van der Waals surface area contributed by atoms with Crippen molar-refractivity contribution in [1.82, 2.24) is 0 Å². The standard InChI is InChI=1S/C16H20O3S/c17-8-2-5-14-4-1-6-15(12-14)19-10-11-20-13-16-7-3-9-18-16/h1,4,6,12,16-17H,3,7-11,13H2. The van der Waals surface area contributed by atoms with E-state index < -0.39 is 0 Å². The fourth-order valence-corrected chi connectivity index (χ4v) is 2.91. The van der Waals surface area contributed by atoms with Gasteiger partial charge in [0.1, 0.15) is 12.4 Å². The van der Waals surface area contributed by atoms with Crippen LogP contribution < -0.4 is 4.74 Å². The van der Waals surface area contributed by atoms with Gasteiger partial charge in [-0.1, -0.05) is 17.9 Å². The van der Waals surface area contributed by atoms with Crippen LogP contribution in [0.5, 0.6) is 5.75 Å². The average molecular weight is 292 g/mol. The molecular formula is C16H20O3S. The molecule has 0 spiro atoms. The van der Waals surface area contributed by atoms with Crippen LogP contribution in [0.25, 0.3) is 0 Å². The molecule has 0 bridgehead atoms. The first kappa shape index (κ1) is 15.2. The Morgan fingerprint density at radius 3 is 3.20 bits per heavy atom. The van der Waals surface area contributed by atoms with Crippen LogP contribution in [-0.2, 0) is 4.74 Å². The molecule has 1 unspecified atom stereocenters. The van der Waals surface area contributed by atoms with Crippen LogP contribution in [0.1, 0.15) is 18.4 Å². The zero-order valence-corrected chi connectivity index (χ0v) is 12.3. The molecular weight excluding hydrogens is 272 g/mol. The van der Waals surface area contributed by atoms with Gasteiger partial charge in [-0.05, 0) is 31.0 Å². The first-order valence-corrected chi connectivity index (χ1v) is 8.06. The van der Waals surface area contributed by atoms with Crippen molar-refractivity contribution in [2.45, 2.75) is 18.9 Å². The number of rotatable bonds is 6. The Morgan fingerprint density at radius 2 is 2.40 bits per heavy atom. The highest BCUT2D eigenvalue weighted by Gasteiger charge is 2.14. The van der Waals surface area contributed by atoms with Gasteiger partial charge in [-0.25, -0.2) is 0 Å². The lowest BCUT2D eigenvalue weighted by atomic mass is 10.2. The zero-order valence-electron chi connectivity index (χ0n) is 11.5. The Morgan fingerprint density at radius 1 is 1.45 bits per heavy atom. The predicted molar refractivity (Wildman–Crippen MR) is 82.2 cm³/mol. The summed E-state index contributed by atoms with van der Waals surface area (Å²) >= 11 is 1.88. The molecule has 2 rings (SSSR count). The Kier molecular flexibility index (Phi) is 6.79. The average Bonchev–Trinajstić information content (AvgIpc) is 2.98. The third-order valence-electron chi connectivity index (χ3n) is 2.97. The maximum absolute atomic E-state index is 8.67. The normalized spacial score (nSPS) is 17.6. The molecule has 1 fully saturated rings. The van der Waals surface area contributed by atoms with Gasteiger partial charge in [0.05, 0.1) is 12.7 Å². The third kappa shape index (κ3) is 5.46. The lowest BCUT2D eigenvalue weighted by Gasteiger charge is -2.09. The van der Waals surface area contributed by atoms with Crippen LogP contribution in [0, 0.1) is 11.8 Å². The summed E-state index contributed by atoms with van der Waals surface area (Å²) in [5.74, 6) is 8.35. The molecule has 0 radical (unpaired) electrons. The Labute approximate surface area is 124 Å². The molecule has 0 amide bonds. The molecule has 1 saturated heterocycles. The summed E-state index contributed by atoms with van der Waals surface area (Å²) in [6.07, 6.45) is 2.83. The van der Waals surface area contributed by atoms with Crippen molar-refractivity contribution in [1.29, 1.82) is 0 Å². The molecule has 0 saturated carbocycles. The molecule has 1 aromatic carbocycles. The molecule has 0 aliphatic carbocycles. The van der Waals surface area contributed by atoms with Gasteiger partial charge in [0.25, 0.3) is 0 Å². The van der Waals surface area contributed by atoms with Gasteiger partial charge < -0.3 is 14.6 Å². The minimum Gasteiger partial charge on any atom is -0.493 e. The van der Waals surface area contributed by atoms with Crippen molar-refractivity contribution in [2.24, 2.45) is 0 Å². The van der Waals surface area contributed by atoms with Crippen molar-refractivity contribution >= 4 is 11.8 Å². The lowest BCUT2D eigenvalue weighted by Crippen LogP contribution is -2.10. The van der Waals surface area contributed by atoms with E-state index in [1.807, 2.05) is 36.0 Å². The lowest BCUT2D eigenvalue weighted by molar-refractivity contribution is 0.129. The van der Waals surface area contributed by atoms with Gasteiger partial charge in [-0.2, -0.15) is 11.8 Å². The molecule has 20 heavy (non-hydrogen) atoms. The molecule has 1 aromatic rings. The number of hydrogen-bond acceptors (Lipinski definition) is 4. The molecule has 0 aromatic heterocycles. The summed E-state index contributed by atoms with van der Waals surface area (Å²) in [6, 6.07) is 7.64. The van der Waals surface area contributed by atoms with Gasteiger partial charge in [-0.15, -0.1) is 0 Å². The SMILES string of the molecule is OCC#Cc1cccc(OCCSCC2CCCO2)c1. The van der Waals surface area contributed by atoms with E-state index in [9.17, 15) is 0 Å². The van der Waals surface area contributed by atoms with Crippen LogP contribution in [0.15, 0.2) is 24.3 Å². The first-order chi connectivity index (χ1) is 9.88. The van der Waals surface area contributed by atoms with E-state index in [4.69, 9.17) is 14.6 Å². The minimum absolute atomic E-state index is 0.120. The summed E-state index contributed by atoms with van der Waals surface area (Å²) in [4.78, 5) is 0. The quantitative estimate of drug-likeness (QED) is 0.645. The number of thioether (sulfide) groups is 1. The Bertz CT molecular complexity index is 458. The second-order valence-electron chi connectivity index (χ2n) is 4.55. The highest BCUT2D eigenvalue weighted by molar-refractivity contribution is 7.99. The topological polar surface area (TPSA) is 38.7 Å². The number of benzene rings is 1. The number of hydrogen-bond donors (Lipinski definition) is 1. The van der Waals surface area contributed by atoms with Gasteiger partial charge in [-0.3, -0.25) is 0 Å². The number of aliphatic hydroxyl groups is 1. The number of aliphatic hydroxyl groups excluding tert-OH is 1. The second kappa shape index (κ2) is 8.91. The van der Waals surface area contributed by atoms with E-state index in [1.54, 1.807) is 0 Å². The van der Waals surface area contributed by atoms with Crippen LogP contribution in [0.4, 0.5) is 0 Å². The zero-order chi connectivity index (χ0) is 14.0. The molecule has 108 valence electrons. The molecule has 1 atom stereocenters. The van der Waals surface area contributed by atoms with Gasteiger partial charge in [0, 0.05) is 23.7 Å². The maximum atomic E-state index is 8.67. The molecule has 1 aliphatic rings. The van der Waals surface area contributed by atoms with Crippen molar-refractivity contribution in [3.8, 4) is 17.6 Å². The Balaban J connectivity index is 1.65. The van der Waals surface area contributed by atoms with E-state index in [0.29, 0.717) is 12.7 Å². The molecule has 4 heteroatoms. The highest BCUT2D eigenvalue weighted by Crippen LogP contribution is 2.17. The molecule has 1 N–H and O–H groups in total. The minimum atomic E-state index is -0.120. The summed E-state index contributed by atoms with van der Waals surface area (Å²) in [5.41, 5.74) is 0.864. The summed E-state index contributed by atoms with van der Waals surface area (Å²) in [7, 11) is 0. The van der Waals surface area contributed by atoms with Crippen molar-refractivity contribution in [3.05, 3.63) is 29.8 Å². The molecule has 3 nitrogen and oxygen atoms in total. The van der Waals surface area contributed by atoms with E-state index >= 15 is 0 Å². The summed E-state index contributed by atoms with van der Waals surface area (Å²) in [6.45, 7) is 1.49. The van der Waals surface area contributed by atoms with Crippen molar-refractivity contribution < 1.29 is 14.6 Å². The fourth-order valence-electron chi connectivity index (χ4n) is 2.01. The van der Waals surface area contributed by atoms with Crippen LogP contribution >= 0.6 is 11.8 Å². The second-order valence-corrected chi connectivity index (χ2v) is 5.70. The Hall–Kier alpha value is -1.15. The first-order valence-electron chi connectivity index (χ1n) is 6.90. The summed E-state index contributed by atoms with van der Waals surface area (Å²) in [5, 5.41) is 8.67. The largest absolute Gasteiger partial charge is 0.493 e. The fraction of sp³-hybridized carbons (Fsp3) is 0.500. The monoisotopic (exact) mass is 292 g/mol. The van der Waals surface area contributed by atoms with Gasteiger partial charge >= 0.3 is 0 Å². The number of ether oxygens (including phenoxy) is 2. The van der Waals surface area contributed by atoms with E-state index in [0.717, 1.165) is 29.4 Å². The van der Waals surface area contributed by atoms with Gasteiger partial charge in [0.2, 0.25) is 0 Å².